The summed E-state index contributed by atoms with van der Waals surface area (Å²) in [5, 5.41) is 8.75. The van der Waals surface area contributed by atoms with E-state index in [0.717, 1.165) is 38.5 Å². The number of hydrogen-bond donors (Lipinski definition) is 3. The molecule has 0 aliphatic carbocycles. The van der Waals surface area contributed by atoms with Crippen LogP contribution in [0.1, 0.15) is 123 Å². The van der Waals surface area contributed by atoms with E-state index < -0.39 is 51.1 Å². The minimum Gasteiger partial charge on any atom is -0.480 e. The van der Waals surface area contributed by atoms with Gasteiger partial charge < -0.3 is 25.2 Å². The maximum atomic E-state index is 12.3. The molecule has 0 aromatic heterocycles. The van der Waals surface area contributed by atoms with Crippen LogP contribution in [0.5, 0.6) is 0 Å². The molecule has 0 saturated heterocycles. The Morgan fingerprint density at radius 2 is 1.27 bits per heavy atom. The number of phosphoric acid groups is 1. The van der Waals surface area contributed by atoms with Crippen LogP contribution in [0.4, 0.5) is 0 Å². The summed E-state index contributed by atoms with van der Waals surface area (Å²) < 4.78 is 31.8. The van der Waals surface area contributed by atoms with Crippen LogP contribution in [0, 0.1) is 0 Å². The highest BCUT2D eigenvalue weighted by atomic mass is 31.2. The molecule has 11 nitrogen and oxygen atoms in total. The Labute approximate surface area is 246 Å². The largest absolute Gasteiger partial charge is 0.480 e. The van der Waals surface area contributed by atoms with Crippen LogP contribution in [0.25, 0.3) is 0 Å². The number of esters is 2. The van der Waals surface area contributed by atoms with Gasteiger partial charge in [-0.1, -0.05) is 83.8 Å². The third kappa shape index (κ3) is 25.6. The first kappa shape index (κ1) is 39.2. The molecular formula is C29H54NO10P. The number of hydrogen-bond acceptors (Lipinski definition) is 9. The topological polar surface area (TPSA) is 172 Å². The van der Waals surface area contributed by atoms with Gasteiger partial charge >= 0.3 is 25.7 Å². The van der Waals surface area contributed by atoms with Crippen LogP contribution >= 0.6 is 7.82 Å². The molecule has 4 N–H and O–H groups in total. The third-order valence-electron chi connectivity index (χ3n) is 6.23. The summed E-state index contributed by atoms with van der Waals surface area (Å²) in [6, 6.07) is -1.51. The fourth-order valence-corrected chi connectivity index (χ4v) is 4.58. The lowest BCUT2D eigenvalue weighted by Crippen LogP contribution is -2.34. The number of rotatable bonds is 28. The lowest BCUT2D eigenvalue weighted by molar-refractivity contribution is -0.161. The Morgan fingerprint density at radius 3 is 1.83 bits per heavy atom. The van der Waals surface area contributed by atoms with Crippen molar-refractivity contribution in [1.29, 1.82) is 0 Å². The van der Waals surface area contributed by atoms with Gasteiger partial charge in [-0.2, -0.15) is 0 Å². The normalized spacial score (nSPS) is 14.4. The molecule has 0 heterocycles. The van der Waals surface area contributed by atoms with Crippen LogP contribution in [0.3, 0.4) is 0 Å². The second-order valence-electron chi connectivity index (χ2n) is 10.2. The van der Waals surface area contributed by atoms with Gasteiger partial charge in [0.15, 0.2) is 6.10 Å². The van der Waals surface area contributed by atoms with Crippen molar-refractivity contribution in [2.75, 3.05) is 19.8 Å². The molecule has 240 valence electrons. The van der Waals surface area contributed by atoms with Crippen molar-refractivity contribution < 1.29 is 47.5 Å². The van der Waals surface area contributed by atoms with E-state index in [2.05, 4.69) is 23.6 Å². The first-order chi connectivity index (χ1) is 19.6. The van der Waals surface area contributed by atoms with E-state index in [4.69, 9.17) is 24.8 Å². The van der Waals surface area contributed by atoms with E-state index >= 15 is 0 Å². The van der Waals surface area contributed by atoms with Crippen LogP contribution in [0.15, 0.2) is 12.2 Å². The highest BCUT2D eigenvalue weighted by Gasteiger charge is 2.28. The van der Waals surface area contributed by atoms with E-state index in [0.29, 0.717) is 12.8 Å². The Balaban J connectivity index is 4.20. The van der Waals surface area contributed by atoms with Gasteiger partial charge in [0, 0.05) is 12.8 Å². The molecule has 3 unspecified atom stereocenters. The smallest absolute Gasteiger partial charge is 0.472 e. The quantitative estimate of drug-likeness (QED) is 0.0399. The standard InChI is InChI=1S/C29H54NO10P/c1-3-5-6-7-8-9-10-11-12-13-14-15-16-17-18-19-21-28(32)40-25(22-37-27(31)20-4-2)23-38-41(35,36)39-24-26(30)29(33)34/h12-13,25-26H,3-11,14-24,30H2,1-2H3,(H,33,34)(H,35,36)/b13-12-. The van der Waals surface area contributed by atoms with E-state index in [9.17, 15) is 23.8 Å². The van der Waals surface area contributed by atoms with E-state index in [-0.39, 0.29) is 19.4 Å². The highest BCUT2D eigenvalue weighted by molar-refractivity contribution is 7.47. The van der Waals surface area contributed by atoms with Crippen molar-refractivity contribution >= 4 is 25.7 Å². The van der Waals surface area contributed by atoms with E-state index in [1.54, 1.807) is 6.92 Å². The average Bonchev–Trinajstić information content (AvgIpc) is 2.93. The van der Waals surface area contributed by atoms with Crippen LogP contribution in [-0.4, -0.2) is 59.9 Å². The Hall–Kier alpha value is -1.78. The molecule has 0 bridgehead atoms. The molecular weight excluding hydrogens is 553 g/mol. The number of unbranched alkanes of at least 4 members (excludes halogenated alkanes) is 12. The van der Waals surface area contributed by atoms with Gasteiger partial charge in [0.2, 0.25) is 0 Å². The van der Waals surface area contributed by atoms with Crippen molar-refractivity contribution in [1.82, 2.24) is 0 Å². The highest BCUT2D eigenvalue weighted by Crippen LogP contribution is 2.43. The second kappa shape index (κ2) is 25.9. The number of carboxylic acids is 1. The van der Waals surface area contributed by atoms with Gasteiger partial charge in [0.25, 0.3) is 0 Å². The maximum absolute atomic E-state index is 12.3. The number of ether oxygens (including phenoxy) is 2. The molecule has 0 radical (unpaired) electrons. The fraction of sp³-hybridized carbons (Fsp3) is 0.828. The summed E-state index contributed by atoms with van der Waals surface area (Å²) in [6.45, 7) is 2.34. The zero-order valence-corrected chi connectivity index (χ0v) is 26.0. The molecule has 41 heavy (non-hydrogen) atoms. The summed E-state index contributed by atoms with van der Waals surface area (Å²) in [5.41, 5.74) is 5.25. The molecule has 0 aromatic carbocycles. The second-order valence-corrected chi connectivity index (χ2v) is 11.7. The molecule has 0 fully saturated rings. The van der Waals surface area contributed by atoms with Gasteiger partial charge in [0.05, 0.1) is 13.2 Å². The molecule has 0 amide bonds. The van der Waals surface area contributed by atoms with Crippen molar-refractivity contribution in [3.05, 3.63) is 12.2 Å². The number of carbonyl (C=O) groups is 3. The fourth-order valence-electron chi connectivity index (χ4n) is 3.80. The monoisotopic (exact) mass is 607 g/mol. The minimum atomic E-state index is -4.68. The number of carbonyl (C=O) groups excluding carboxylic acids is 2. The first-order valence-corrected chi connectivity index (χ1v) is 16.7. The lowest BCUT2D eigenvalue weighted by atomic mass is 10.1. The number of carboxylic acid groups (broad SMARTS) is 1. The molecule has 0 aliphatic heterocycles. The number of aliphatic carboxylic acids is 1. The molecule has 0 spiro atoms. The Morgan fingerprint density at radius 1 is 0.732 bits per heavy atom. The summed E-state index contributed by atoms with van der Waals surface area (Å²) in [7, 11) is -4.68. The van der Waals surface area contributed by atoms with Crippen LogP contribution in [0.2, 0.25) is 0 Å². The molecule has 0 aromatic rings. The molecule has 12 heteroatoms. The van der Waals surface area contributed by atoms with Gasteiger partial charge in [-0.15, -0.1) is 0 Å². The SMILES string of the molecule is CCCCCCCCC/C=C\CCCCCCCC(=O)OC(COC(=O)CCC)COP(=O)(O)OCC(N)C(=O)O. The predicted octanol–water partition coefficient (Wildman–Crippen LogP) is 6.21. The number of allylic oxidation sites excluding steroid dienone is 2. The Bertz CT molecular complexity index is 777. The summed E-state index contributed by atoms with van der Waals surface area (Å²) >= 11 is 0. The Kier molecular flexibility index (Phi) is 24.8. The van der Waals surface area contributed by atoms with Gasteiger partial charge in [0.1, 0.15) is 12.6 Å². The van der Waals surface area contributed by atoms with Gasteiger partial charge in [-0.05, 0) is 38.5 Å². The molecule has 0 saturated carbocycles. The van der Waals surface area contributed by atoms with Crippen molar-refractivity contribution in [3.63, 3.8) is 0 Å². The van der Waals surface area contributed by atoms with Crippen molar-refractivity contribution in [2.24, 2.45) is 5.73 Å². The van der Waals surface area contributed by atoms with Gasteiger partial charge in [-0.3, -0.25) is 23.4 Å². The van der Waals surface area contributed by atoms with Crippen molar-refractivity contribution in [2.45, 2.75) is 135 Å². The zero-order chi connectivity index (χ0) is 30.8. The first-order valence-electron chi connectivity index (χ1n) is 15.2. The summed E-state index contributed by atoms with van der Waals surface area (Å²) in [4.78, 5) is 44.5. The zero-order valence-electron chi connectivity index (χ0n) is 25.1. The molecule has 0 rings (SSSR count). The maximum Gasteiger partial charge on any atom is 0.472 e. The average molecular weight is 608 g/mol. The van der Waals surface area contributed by atoms with E-state index in [1.165, 1.54) is 44.9 Å². The third-order valence-corrected chi connectivity index (χ3v) is 7.18. The van der Waals surface area contributed by atoms with Crippen LogP contribution in [-0.2, 0) is 37.5 Å². The molecule has 0 aliphatic rings. The van der Waals surface area contributed by atoms with Crippen LogP contribution < -0.4 is 5.73 Å². The van der Waals surface area contributed by atoms with Gasteiger partial charge in [-0.25, -0.2) is 4.57 Å². The van der Waals surface area contributed by atoms with E-state index in [1.807, 2.05) is 0 Å². The summed E-state index contributed by atoms with van der Waals surface area (Å²) in [6.07, 6.45) is 20.5. The molecule has 3 atom stereocenters. The van der Waals surface area contributed by atoms with Crippen molar-refractivity contribution in [3.8, 4) is 0 Å². The minimum absolute atomic E-state index is 0.151. The number of nitrogens with two attached hydrogens (primary N) is 1. The number of phosphoric ester groups is 1. The predicted molar refractivity (Wildman–Crippen MR) is 157 cm³/mol. The summed E-state index contributed by atoms with van der Waals surface area (Å²) in [5.74, 6) is -2.46. The lowest BCUT2D eigenvalue weighted by Gasteiger charge is -2.20.